The SMILES string of the molecule is CC(=O)Oc1onc(-c2ccccc2)c1-c1ccc(S(N)(=O)=O)cc1. The summed E-state index contributed by atoms with van der Waals surface area (Å²) in [5, 5.41) is 9.11. The van der Waals surface area contributed by atoms with E-state index >= 15 is 0 Å². The molecule has 0 spiro atoms. The summed E-state index contributed by atoms with van der Waals surface area (Å²) in [6.45, 7) is 1.25. The summed E-state index contributed by atoms with van der Waals surface area (Å²) < 4.78 is 33.1. The highest BCUT2D eigenvalue weighted by Gasteiger charge is 2.22. The second-order valence-electron chi connectivity index (χ2n) is 5.22. The van der Waals surface area contributed by atoms with Gasteiger partial charge in [-0.15, -0.1) is 0 Å². The lowest BCUT2D eigenvalue weighted by Gasteiger charge is -2.05. The molecule has 0 saturated carbocycles. The lowest BCUT2D eigenvalue weighted by molar-refractivity contribution is -0.133. The number of sulfonamides is 1. The van der Waals surface area contributed by atoms with Gasteiger partial charge >= 0.3 is 11.9 Å². The standard InChI is InChI=1S/C17H14N2O5S/c1-11(20)23-17-15(12-7-9-14(10-8-12)25(18,21)22)16(19-24-17)13-5-3-2-4-6-13/h2-10H,1H3,(H2,18,21,22). The number of hydrogen-bond acceptors (Lipinski definition) is 6. The summed E-state index contributed by atoms with van der Waals surface area (Å²) >= 11 is 0. The molecule has 0 aliphatic rings. The molecule has 0 radical (unpaired) electrons. The van der Waals surface area contributed by atoms with Crippen molar-refractivity contribution < 1.29 is 22.5 Å². The van der Waals surface area contributed by atoms with E-state index in [2.05, 4.69) is 5.16 Å². The second kappa shape index (κ2) is 6.50. The van der Waals surface area contributed by atoms with Crippen molar-refractivity contribution in [1.82, 2.24) is 5.16 Å². The summed E-state index contributed by atoms with van der Waals surface area (Å²) in [4.78, 5) is 11.3. The van der Waals surface area contributed by atoms with Gasteiger partial charge in [0.1, 0.15) is 5.69 Å². The molecule has 0 fully saturated rings. The molecule has 7 nitrogen and oxygen atoms in total. The molecule has 0 unspecified atom stereocenters. The lowest BCUT2D eigenvalue weighted by Crippen LogP contribution is -2.11. The molecule has 25 heavy (non-hydrogen) atoms. The topological polar surface area (TPSA) is 112 Å². The number of benzene rings is 2. The second-order valence-corrected chi connectivity index (χ2v) is 6.78. The molecule has 2 aromatic carbocycles. The van der Waals surface area contributed by atoms with E-state index in [1.165, 1.54) is 19.1 Å². The number of hydrogen-bond donors (Lipinski definition) is 1. The number of carbonyl (C=O) groups excluding carboxylic acids is 1. The Labute approximate surface area is 144 Å². The van der Waals surface area contributed by atoms with E-state index in [1.807, 2.05) is 30.3 Å². The van der Waals surface area contributed by atoms with E-state index in [0.29, 0.717) is 16.8 Å². The molecule has 128 valence electrons. The average Bonchev–Trinajstić information content (AvgIpc) is 2.98. The van der Waals surface area contributed by atoms with Crippen molar-refractivity contribution in [1.29, 1.82) is 0 Å². The van der Waals surface area contributed by atoms with E-state index in [-0.39, 0.29) is 10.8 Å². The number of aromatic nitrogens is 1. The Bertz CT molecular complexity index is 1010. The maximum atomic E-state index is 11.4. The molecule has 0 aliphatic heterocycles. The largest absolute Gasteiger partial charge is 0.391 e. The third kappa shape index (κ3) is 3.59. The van der Waals surface area contributed by atoms with E-state index in [9.17, 15) is 13.2 Å². The highest BCUT2D eigenvalue weighted by atomic mass is 32.2. The van der Waals surface area contributed by atoms with E-state index in [0.717, 1.165) is 5.56 Å². The highest BCUT2D eigenvalue weighted by Crippen LogP contribution is 2.39. The Hall–Kier alpha value is -2.97. The summed E-state index contributed by atoms with van der Waals surface area (Å²) in [5.74, 6) is -0.618. The van der Waals surface area contributed by atoms with Crippen LogP contribution in [0.1, 0.15) is 6.92 Å². The number of esters is 1. The summed E-state index contributed by atoms with van der Waals surface area (Å²) in [5.41, 5.74) is 2.25. The minimum Gasteiger partial charge on any atom is -0.391 e. The monoisotopic (exact) mass is 358 g/mol. The highest BCUT2D eigenvalue weighted by molar-refractivity contribution is 7.89. The first kappa shape index (κ1) is 16.9. The minimum atomic E-state index is -3.80. The Morgan fingerprint density at radius 3 is 2.24 bits per heavy atom. The Morgan fingerprint density at radius 2 is 1.68 bits per heavy atom. The maximum Gasteiger partial charge on any atom is 0.327 e. The first-order valence-corrected chi connectivity index (χ1v) is 8.77. The first-order valence-electron chi connectivity index (χ1n) is 7.23. The van der Waals surface area contributed by atoms with Crippen LogP contribution < -0.4 is 9.88 Å². The van der Waals surface area contributed by atoms with Gasteiger partial charge in [0.2, 0.25) is 10.0 Å². The molecule has 0 amide bonds. The predicted octanol–water partition coefficient (Wildman–Crippen LogP) is 2.58. The van der Waals surface area contributed by atoms with Crippen molar-refractivity contribution in [2.45, 2.75) is 11.8 Å². The molecule has 2 N–H and O–H groups in total. The molecule has 0 atom stereocenters. The fourth-order valence-corrected chi connectivity index (χ4v) is 2.85. The van der Waals surface area contributed by atoms with Gasteiger partial charge in [-0.25, -0.2) is 13.6 Å². The normalized spacial score (nSPS) is 11.3. The Balaban J connectivity index is 2.15. The van der Waals surface area contributed by atoms with Gasteiger partial charge in [0.25, 0.3) is 0 Å². The lowest BCUT2D eigenvalue weighted by atomic mass is 10.0. The first-order chi connectivity index (χ1) is 11.9. The van der Waals surface area contributed by atoms with Crippen LogP contribution in [0.2, 0.25) is 0 Å². The third-order valence-electron chi connectivity index (χ3n) is 3.42. The molecule has 0 bridgehead atoms. The van der Waals surface area contributed by atoms with Crippen LogP contribution in [0.25, 0.3) is 22.4 Å². The number of primary sulfonamides is 1. The van der Waals surface area contributed by atoms with Gasteiger partial charge in [0.15, 0.2) is 0 Å². The fourth-order valence-electron chi connectivity index (χ4n) is 2.33. The van der Waals surface area contributed by atoms with E-state index < -0.39 is 16.0 Å². The van der Waals surface area contributed by atoms with Gasteiger partial charge in [-0.2, -0.15) is 0 Å². The zero-order valence-electron chi connectivity index (χ0n) is 13.2. The predicted molar refractivity (Wildman–Crippen MR) is 90.1 cm³/mol. The molecule has 1 aromatic heterocycles. The molecule has 8 heteroatoms. The van der Waals surface area contributed by atoms with Gasteiger partial charge in [-0.3, -0.25) is 4.79 Å². The molecular formula is C17H14N2O5S. The molecule has 3 rings (SSSR count). The van der Waals surface area contributed by atoms with Crippen molar-refractivity contribution in [2.75, 3.05) is 0 Å². The quantitative estimate of drug-likeness (QED) is 0.717. The van der Waals surface area contributed by atoms with Gasteiger partial charge in [-0.05, 0) is 17.7 Å². The molecule has 3 aromatic rings. The van der Waals surface area contributed by atoms with E-state index in [4.69, 9.17) is 14.4 Å². The fraction of sp³-hybridized carbons (Fsp3) is 0.0588. The van der Waals surface area contributed by atoms with Crippen molar-refractivity contribution in [3.63, 3.8) is 0 Å². The van der Waals surface area contributed by atoms with Crippen LogP contribution in [-0.2, 0) is 14.8 Å². The third-order valence-corrected chi connectivity index (χ3v) is 4.35. The smallest absolute Gasteiger partial charge is 0.327 e. The van der Waals surface area contributed by atoms with Gasteiger partial charge in [-0.1, -0.05) is 47.6 Å². The number of nitrogens with zero attached hydrogens (tertiary/aromatic N) is 1. The Morgan fingerprint density at radius 1 is 1.04 bits per heavy atom. The molecule has 0 aliphatic carbocycles. The number of carbonyl (C=O) groups is 1. The summed E-state index contributed by atoms with van der Waals surface area (Å²) in [6, 6.07) is 15.0. The van der Waals surface area contributed by atoms with E-state index in [1.54, 1.807) is 12.1 Å². The van der Waals surface area contributed by atoms with Gasteiger partial charge in [0.05, 0.1) is 10.5 Å². The zero-order chi connectivity index (χ0) is 18.0. The average molecular weight is 358 g/mol. The zero-order valence-corrected chi connectivity index (χ0v) is 14.0. The Kier molecular flexibility index (Phi) is 4.39. The maximum absolute atomic E-state index is 11.4. The molecule has 1 heterocycles. The van der Waals surface area contributed by atoms with Crippen molar-refractivity contribution in [3.05, 3.63) is 54.6 Å². The summed E-state index contributed by atoms with van der Waals surface area (Å²) in [7, 11) is -3.80. The van der Waals surface area contributed by atoms with Crippen LogP contribution in [0, 0.1) is 0 Å². The molecular weight excluding hydrogens is 344 g/mol. The van der Waals surface area contributed by atoms with Crippen LogP contribution in [-0.4, -0.2) is 19.5 Å². The number of rotatable bonds is 4. The van der Waals surface area contributed by atoms with Gasteiger partial charge < -0.3 is 9.26 Å². The van der Waals surface area contributed by atoms with Crippen LogP contribution >= 0.6 is 0 Å². The van der Waals surface area contributed by atoms with Crippen LogP contribution in [0.5, 0.6) is 5.95 Å². The van der Waals surface area contributed by atoms with Crippen LogP contribution in [0.15, 0.2) is 64.0 Å². The summed E-state index contributed by atoms with van der Waals surface area (Å²) in [6.07, 6.45) is 0. The van der Waals surface area contributed by atoms with Gasteiger partial charge in [0, 0.05) is 12.5 Å². The minimum absolute atomic E-state index is 0.0250. The number of nitrogens with two attached hydrogens (primary N) is 1. The molecule has 0 saturated heterocycles. The van der Waals surface area contributed by atoms with Crippen molar-refractivity contribution >= 4 is 16.0 Å². The van der Waals surface area contributed by atoms with Crippen LogP contribution in [0.4, 0.5) is 0 Å². The van der Waals surface area contributed by atoms with Crippen molar-refractivity contribution in [3.8, 4) is 28.3 Å². The number of ether oxygens (including phenoxy) is 1. The van der Waals surface area contributed by atoms with Crippen molar-refractivity contribution in [2.24, 2.45) is 5.14 Å². The van der Waals surface area contributed by atoms with Crippen LogP contribution in [0.3, 0.4) is 0 Å².